The summed E-state index contributed by atoms with van der Waals surface area (Å²) in [5, 5.41) is 28.4. The van der Waals surface area contributed by atoms with Crippen LogP contribution in [0.25, 0.3) is 16.3 Å². The molecule has 1 aromatic carbocycles. The number of nitrogens with zero attached hydrogens (tertiary/aromatic N) is 4. The molecule has 158 valence electrons. The molecule has 0 spiro atoms. The number of benzene rings is 1. The van der Waals surface area contributed by atoms with Crippen LogP contribution in [0.5, 0.6) is 10.9 Å². The van der Waals surface area contributed by atoms with E-state index in [0.29, 0.717) is 33.8 Å². The summed E-state index contributed by atoms with van der Waals surface area (Å²) < 4.78 is 7.96. The molecule has 0 radical (unpaired) electrons. The molecule has 2 fully saturated rings. The molecule has 0 saturated carbocycles. The summed E-state index contributed by atoms with van der Waals surface area (Å²) in [6, 6.07) is 8.42. The molecule has 30 heavy (non-hydrogen) atoms. The summed E-state index contributed by atoms with van der Waals surface area (Å²) in [4.78, 5) is 0. The zero-order valence-corrected chi connectivity index (χ0v) is 18.3. The lowest BCUT2D eigenvalue weighted by Gasteiger charge is -2.46. The van der Waals surface area contributed by atoms with Gasteiger partial charge in [0.15, 0.2) is 5.01 Å². The van der Waals surface area contributed by atoms with E-state index in [0.717, 1.165) is 30.1 Å². The van der Waals surface area contributed by atoms with E-state index in [1.54, 1.807) is 10.7 Å². The predicted octanol–water partition coefficient (Wildman–Crippen LogP) is 3.95. The molecule has 2 N–H and O–H groups in total. The van der Waals surface area contributed by atoms with E-state index in [-0.39, 0.29) is 11.9 Å². The molecule has 2 bridgehead atoms. The van der Waals surface area contributed by atoms with Crippen LogP contribution in [-0.4, -0.2) is 43.3 Å². The molecular weight excluding hydrogens is 398 g/mol. The van der Waals surface area contributed by atoms with Crippen molar-refractivity contribution in [3.63, 3.8) is 0 Å². The lowest BCUT2D eigenvalue weighted by atomic mass is 9.73. The number of piperidine rings is 2. The first-order valence-electron chi connectivity index (χ1n) is 10.6. The first kappa shape index (κ1) is 19.5. The van der Waals surface area contributed by atoms with Crippen molar-refractivity contribution in [2.45, 2.75) is 58.2 Å². The molecule has 2 aromatic heterocycles. The van der Waals surface area contributed by atoms with Gasteiger partial charge in [-0.3, -0.25) is 0 Å². The lowest BCUT2D eigenvalue weighted by Crippen LogP contribution is -2.57. The maximum absolute atomic E-state index is 10.6. The van der Waals surface area contributed by atoms with Crippen LogP contribution in [0.4, 0.5) is 0 Å². The molecule has 2 saturated heterocycles. The van der Waals surface area contributed by atoms with Crippen molar-refractivity contribution in [1.29, 1.82) is 0 Å². The fourth-order valence-corrected chi connectivity index (χ4v) is 5.53. The van der Waals surface area contributed by atoms with E-state index in [2.05, 4.69) is 34.5 Å². The first-order valence-corrected chi connectivity index (χ1v) is 11.4. The number of fused-ring (bicyclic) bond motifs is 2. The topological polar surface area (TPSA) is 85.1 Å². The third kappa shape index (κ3) is 3.70. The van der Waals surface area contributed by atoms with Gasteiger partial charge in [-0.05, 0) is 49.8 Å². The zero-order valence-electron chi connectivity index (χ0n) is 17.4. The number of aromatic hydroxyl groups is 1. The minimum Gasteiger partial charge on any atom is -0.507 e. The Bertz CT molecular complexity index is 1050. The largest absolute Gasteiger partial charge is 0.507 e. The average Bonchev–Trinajstić information content (AvgIpc) is 3.35. The molecule has 5 unspecified atom stereocenters. The Morgan fingerprint density at radius 3 is 2.80 bits per heavy atom. The molecule has 2 aliphatic heterocycles. The zero-order chi connectivity index (χ0) is 20.8. The number of hydrogen-bond donors (Lipinski definition) is 2. The highest BCUT2D eigenvalue weighted by Crippen LogP contribution is 2.38. The van der Waals surface area contributed by atoms with Crippen LogP contribution in [0.3, 0.4) is 0 Å². The van der Waals surface area contributed by atoms with Gasteiger partial charge in [0.2, 0.25) is 0 Å². The molecular formula is C22H27N5O2S. The minimum atomic E-state index is 0.155. The van der Waals surface area contributed by atoms with Gasteiger partial charge in [-0.25, -0.2) is 4.68 Å². The van der Waals surface area contributed by atoms with E-state index < -0.39 is 0 Å². The fourth-order valence-electron chi connectivity index (χ4n) is 4.73. The number of nitrogens with one attached hydrogen (secondary N) is 1. The van der Waals surface area contributed by atoms with Gasteiger partial charge in [0, 0.05) is 30.8 Å². The SMILES string of the molecule is Cc1ccn(-c2ccc(-c3nnc(OC4CC5CC(C)C(C)C(C4)N5)s3)c(O)c2)n1. The Hall–Kier alpha value is -2.45. The van der Waals surface area contributed by atoms with Gasteiger partial charge in [0.1, 0.15) is 11.9 Å². The van der Waals surface area contributed by atoms with Gasteiger partial charge < -0.3 is 15.2 Å². The highest BCUT2D eigenvalue weighted by molar-refractivity contribution is 7.16. The number of aryl methyl sites for hydroxylation is 1. The second-order valence-electron chi connectivity index (χ2n) is 8.73. The molecule has 2 aliphatic rings. The lowest BCUT2D eigenvalue weighted by molar-refractivity contribution is 0.0471. The predicted molar refractivity (Wildman–Crippen MR) is 116 cm³/mol. The van der Waals surface area contributed by atoms with Crippen molar-refractivity contribution in [2.24, 2.45) is 11.8 Å². The van der Waals surface area contributed by atoms with Gasteiger partial charge >= 0.3 is 0 Å². The van der Waals surface area contributed by atoms with Crippen molar-refractivity contribution < 1.29 is 9.84 Å². The Kier molecular flexibility index (Phi) is 4.99. The van der Waals surface area contributed by atoms with Crippen LogP contribution < -0.4 is 10.1 Å². The van der Waals surface area contributed by atoms with Crippen molar-refractivity contribution >= 4 is 11.3 Å². The number of ether oxygens (including phenoxy) is 1. The summed E-state index contributed by atoms with van der Waals surface area (Å²) in [6.45, 7) is 6.63. The van der Waals surface area contributed by atoms with Crippen LogP contribution in [0, 0.1) is 18.8 Å². The van der Waals surface area contributed by atoms with Crippen LogP contribution in [0.2, 0.25) is 0 Å². The van der Waals surface area contributed by atoms with Crippen molar-refractivity contribution in [2.75, 3.05) is 0 Å². The highest BCUT2D eigenvalue weighted by Gasteiger charge is 2.39. The third-order valence-electron chi connectivity index (χ3n) is 6.58. The fraction of sp³-hybridized carbons (Fsp3) is 0.500. The van der Waals surface area contributed by atoms with E-state index in [1.807, 2.05) is 31.3 Å². The van der Waals surface area contributed by atoms with Crippen LogP contribution in [0.1, 0.15) is 38.8 Å². The minimum absolute atomic E-state index is 0.155. The summed E-state index contributed by atoms with van der Waals surface area (Å²) >= 11 is 1.38. The summed E-state index contributed by atoms with van der Waals surface area (Å²) in [5.41, 5.74) is 2.38. The van der Waals surface area contributed by atoms with Gasteiger partial charge in [-0.1, -0.05) is 30.3 Å². The number of hydrogen-bond acceptors (Lipinski definition) is 7. The molecule has 4 heterocycles. The van der Waals surface area contributed by atoms with Gasteiger partial charge in [-0.2, -0.15) is 5.10 Å². The Morgan fingerprint density at radius 1 is 1.17 bits per heavy atom. The average molecular weight is 426 g/mol. The number of rotatable bonds is 4. The quantitative estimate of drug-likeness (QED) is 0.658. The molecule has 0 aliphatic carbocycles. The number of phenolic OH excluding ortho intramolecular Hbond substituents is 1. The molecule has 0 amide bonds. The molecule has 3 aromatic rings. The van der Waals surface area contributed by atoms with E-state index >= 15 is 0 Å². The maximum atomic E-state index is 10.6. The van der Waals surface area contributed by atoms with Crippen molar-refractivity contribution in [1.82, 2.24) is 25.3 Å². The first-order chi connectivity index (χ1) is 14.5. The van der Waals surface area contributed by atoms with Gasteiger partial charge in [0.25, 0.3) is 5.19 Å². The Labute approximate surface area is 180 Å². The van der Waals surface area contributed by atoms with Crippen LogP contribution in [0.15, 0.2) is 30.5 Å². The summed E-state index contributed by atoms with van der Waals surface area (Å²) in [7, 11) is 0. The monoisotopic (exact) mass is 425 g/mol. The number of aromatic nitrogens is 4. The Balaban J connectivity index is 1.30. The third-order valence-corrected chi connectivity index (χ3v) is 7.42. The van der Waals surface area contributed by atoms with Crippen LogP contribution in [-0.2, 0) is 0 Å². The summed E-state index contributed by atoms with van der Waals surface area (Å²) in [5.74, 6) is 1.57. The van der Waals surface area contributed by atoms with Crippen molar-refractivity contribution in [3.8, 4) is 27.2 Å². The molecule has 7 nitrogen and oxygen atoms in total. The standard InChI is InChI=1S/C22H27N5O2S/c1-12-8-15-9-17(11-19(23-15)14(12)3)29-22-25-24-21(30-22)18-5-4-16(10-20(18)28)27-7-6-13(2)26-27/h4-7,10,12,14-15,17,19,23,28H,8-9,11H2,1-3H3. The highest BCUT2D eigenvalue weighted by atomic mass is 32.1. The molecule has 5 rings (SSSR count). The summed E-state index contributed by atoms with van der Waals surface area (Å²) in [6.07, 6.45) is 5.24. The maximum Gasteiger partial charge on any atom is 0.294 e. The van der Waals surface area contributed by atoms with E-state index in [1.165, 1.54) is 17.8 Å². The van der Waals surface area contributed by atoms with Crippen molar-refractivity contribution in [3.05, 3.63) is 36.2 Å². The molecule has 8 heteroatoms. The van der Waals surface area contributed by atoms with Gasteiger partial charge in [-0.15, -0.1) is 5.10 Å². The molecule has 5 atom stereocenters. The van der Waals surface area contributed by atoms with Crippen LogP contribution >= 0.6 is 11.3 Å². The number of phenols is 1. The van der Waals surface area contributed by atoms with E-state index in [4.69, 9.17) is 4.74 Å². The van der Waals surface area contributed by atoms with E-state index in [9.17, 15) is 5.11 Å². The second kappa shape index (κ2) is 7.67. The normalized spacial score (nSPS) is 28.4. The Morgan fingerprint density at radius 2 is 2.03 bits per heavy atom. The smallest absolute Gasteiger partial charge is 0.294 e. The van der Waals surface area contributed by atoms with Gasteiger partial charge in [0.05, 0.1) is 16.9 Å². The second-order valence-corrected chi connectivity index (χ2v) is 9.67.